The molecular weight excluding hydrogens is 332 g/mol. The van der Waals surface area contributed by atoms with Crippen molar-refractivity contribution in [1.82, 2.24) is 10.2 Å². The fourth-order valence-corrected chi connectivity index (χ4v) is 2.66. The van der Waals surface area contributed by atoms with Gasteiger partial charge in [0, 0.05) is 18.7 Å². The van der Waals surface area contributed by atoms with Gasteiger partial charge in [0.15, 0.2) is 11.5 Å². The summed E-state index contributed by atoms with van der Waals surface area (Å²) in [7, 11) is 0. The summed E-state index contributed by atoms with van der Waals surface area (Å²) in [5.74, 6) is 2.09. The van der Waals surface area contributed by atoms with Crippen LogP contribution in [-0.4, -0.2) is 36.9 Å². The Balaban J connectivity index is 1.46. The second-order valence-corrected chi connectivity index (χ2v) is 6.30. The van der Waals surface area contributed by atoms with Crippen LogP contribution in [0.25, 0.3) is 0 Å². The summed E-state index contributed by atoms with van der Waals surface area (Å²) >= 11 is 0. The first kappa shape index (κ1) is 17.9. The molecule has 0 radical (unpaired) electrons. The minimum atomic E-state index is -0.0989. The van der Waals surface area contributed by atoms with E-state index in [0.29, 0.717) is 31.2 Å². The molecule has 3 rings (SSSR count). The van der Waals surface area contributed by atoms with Crippen LogP contribution < -0.4 is 19.5 Å². The molecule has 0 fully saturated rings. The number of ether oxygens (including phenoxy) is 3. The predicted molar refractivity (Wildman–Crippen MR) is 98.6 cm³/mol. The summed E-state index contributed by atoms with van der Waals surface area (Å²) < 4.78 is 16.3. The van der Waals surface area contributed by atoms with Crippen LogP contribution in [0.2, 0.25) is 0 Å². The lowest BCUT2D eigenvalue weighted by atomic mass is 10.2. The number of amides is 2. The molecule has 1 N–H and O–H groups in total. The van der Waals surface area contributed by atoms with Gasteiger partial charge in [0.05, 0.1) is 6.54 Å². The van der Waals surface area contributed by atoms with Crippen LogP contribution in [0.3, 0.4) is 0 Å². The second kappa shape index (κ2) is 8.47. The fourth-order valence-electron chi connectivity index (χ4n) is 2.66. The van der Waals surface area contributed by atoms with Gasteiger partial charge in [-0.2, -0.15) is 0 Å². The maximum Gasteiger partial charge on any atom is 0.318 e. The Morgan fingerprint density at radius 2 is 1.92 bits per heavy atom. The zero-order valence-corrected chi connectivity index (χ0v) is 15.1. The number of hydrogen-bond acceptors (Lipinski definition) is 4. The van der Waals surface area contributed by atoms with Crippen LogP contribution in [-0.2, 0) is 6.54 Å². The normalized spacial score (nSPS) is 12.1. The average molecular weight is 356 g/mol. The number of rotatable bonds is 7. The number of hydrogen-bond donors (Lipinski definition) is 1. The van der Waals surface area contributed by atoms with Crippen LogP contribution in [0.15, 0.2) is 48.5 Å². The van der Waals surface area contributed by atoms with Crippen molar-refractivity contribution >= 4 is 6.03 Å². The van der Waals surface area contributed by atoms with Gasteiger partial charge in [-0.3, -0.25) is 0 Å². The SMILES string of the molecule is CC(C)N(Cc1ccccc1)C(=O)NCCOc1ccc2c(c1)OCO2. The highest BCUT2D eigenvalue weighted by atomic mass is 16.7. The smallest absolute Gasteiger partial charge is 0.318 e. The van der Waals surface area contributed by atoms with Gasteiger partial charge >= 0.3 is 6.03 Å². The maximum absolute atomic E-state index is 12.5. The van der Waals surface area contributed by atoms with Crippen molar-refractivity contribution in [2.24, 2.45) is 0 Å². The molecule has 26 heavy (non-hydrogen) atoms. The molecule has 2 amide bonds. The van der Waals surface area contributed by atoms with E-state index in [9.17, 15) is 4.79 Å². The van der Waals surface area contributed by atoms with Gasteiger partial charge in [-0.05, 0) is 31.5 Å². The molecule has 2 aromatic rings. The molecule has 1 aliphatic rings. The Labute approximate surface area is 153 Å². The topological polar surface area (TPSA) is 60.0 Å². The number of nitrogens with zero attached hydrogens (tertiary/aromatic N) is 1. The Morgan fingerprint density at radius 1 is 1.15 bits per heavy atom. The molecule has 138 valence electrons. The highest BCUT2D eigenvalue weighted by Crippen LogP contribution is 2.34. The van der Waals surface area contributed by atoms with Crippen molar-refractivity contribution in [3.8, 4) is 17.2 Å². The molecule has 1 aliphatic heterocycles. The molecule has 0 spiro atoms. The molecule has 0 saturated heterocycles. The second-order valence-electron chi connectivity index (χ2n) is 6.30. The number of nitrogens with one attached hydrogen (secondary N) is 1. The number of carbonyl (C=O) groups excluding carboxylic acids is 1. The Hall–Kier alpha value is -2.89. The molecule has 0 saturated carbocycles. The van der Waals surface area contributed by atoms with E-state index in [-0.39, 0.29) is 18.9 Å². The van der Waals surface area contributed by atoms with Crippen molar-refractivity contribution < 1.29 is 19.0 Å². The van der Waals surface area contributed by atoms with Gasteiger partial charge < -0.3 is 24.4 Å². The highest BCUT2D eigenvalue weighted by Gasteiger charge is 2.17. The van der Waals surface area contributed by atoms with E-state index in [2.05, 4.69) is 5.32 Å². The molecule has 2 aromatic carbocycles. The van der Waals surface area contributed by atoms with Crippen molar-refractivity contribution in [3.63, 3.8) is 0 Å². The summed E-state index contributed by atoms with van der Waals surface area (Å²) in [6.45, 7) is 5.62. The summed E-state index contributed by atoms with van der Waals surface area (Å²) in [5.41, 5.74) is 1.10. The fraction of sp³-hybridized carbons (Fsp3) is 0.350. The third-order valence-electron chi connectivity index (χ3n) is 4.07. The average Bonchev–Trinajstić information content (AvgIpc) is 3.11. The van der Waals surface area contributed by atoms with E-state index in [4.69, 9.17) is 14.2 Å². The lowest BCUT2D eigenvalue weighted by Crippen LogP contribution is -2.44. The van der Waals surface area contributed by atoms with Gasteiger partial charge in [0.1, 0.15) is 12.4 Å². The van der Waals surface area contributed by atoms with Crippen LogP contribution in [0.1, 0.15) is 19.4 Å². The summed E-state index contributed by atoms with van der Waals surface area (Å²) in [6, 6.07) is 15.4. The molecular formula is C20H24N2O4. The highest BCUT2D eigenvalue weighted by molar-refractivity contribution is 5.74. The summed E-state index contributed by atoms with van der Waals surface area (Å²) in [6.07, 6.45) is 0. The van der Waals surface area contributed by atoms with E-state index in [1.807, 2.05) is 56.3 Å². The van der Waals surface area contributed by atoms with E-state index >= 15 is 0 Å². The van der Waals surface area contributed by atoms with E-state index in [0.717, 1.165) is 11.3 Å². The van der Waals surface area contributed by atoms with Gasteiger partial charge in [0.25, 0.3) is 0 Å². The monoisotopic (exact) mass is 356 g/mol. The number of fused-ring (bicyclic) bond motifs is 1. The van der Waals surface area contributed by atoms with Crippen LogP contribution >= 0.6 is 0 Å². The summed E-state index contributed by atoms with van der Waals surface area (Å²) in [4.78, 5) is 14.3. The van der Waals surface area contributed by atoms with Crippen molar-refractivity contribution in [2.45, 2.75) is 26.4 Å². The lowest BCUT2D eigenvalue weighted by molar-refractivity contribution is 0.173. The Bertz CT molecular complexity index is 734. The standard InChI is InChI=1S/C20H24N2O4/c1-15(2)22(13-16-6-4-3-5-7-16)20(23)21-10-11-24-17-8-9-18-19(12-17)26-14-25-18/h3-9,12,15H,10-11,13-14H2,1-2H3,(H,21,23). The molecule has 0 aromatic heterocycles. The largest absolute Gasteiger partial charge is 0.492 e. The van der Waals surface area contributed by atoms with Crippen molar-refractivity contribution in [2.75, 3.05) is 19.9 Å². The predicted octanol–water partition coefficient (Wildman–Crippen LogP) is 3.41. The molecule has 6 heteroatoms. The molecule has 0 aliphatic carbocycles. The minimum absolute atomic E-state index is 0.0989. The summed E-state index contributed by atoms with van der Waals surface area (Å²) in [5, 5.41) is 2.91. The third-order valence-corrected chi connectivity index (χ3v) is 4.07. The molecule has 0 bridgehead atoms. The van der Waals surface area contributed by atoms with Crippen LogP contribution in [0, 0.1) is 0 Å². The zero-order valence-electron chi connectivity index (χ0n) is 15.1. The minimum Gasteiger partial charge on any atom is -0.492 e. The number of carbonyl (C=O) groups is 1. The van der Waals surface area contributed by atoms with E-state index in [1.165, 1.54) is 0 Å². The number of benzene rings is 2. The van der Waals surface area contributed by atoms with Gasteiger partial charge in [-0.25, -0.2) is 4.79 Å². The van der Waals surface area contributed by atoms with E-state index < -0.39 is 0 Å². The zero-order chi connectivity index (χ0) is 18.4. The van der Waals surface area contributed by atoms with E-state index in [1.54, 1.807) is 11.0 Å². The first-order valence-corrected chi connectivity index (χ1v) is 8.74. The van der Waals surface area contributed by atoms with Gasteiger partial charge in [-0.1, -0.05) is 30.3 Å². The number of urea groups is 1. The molecule has 1 heterocycles. The first-order chi connectivity index (χ1) is 12.6. The molecule has 0 atom stereocenters. The molecule has 6 nitrogen and oxygen atoms in total. The Kier molecular flexibility index (Phi) is 5.84. The van der Waals surface area contributed by atoms with Crippen molar-refractivity contribution in [3.05, 3.63) is 54.1 Å². The lowest BCUT2D eigenvalue weighted by Gasteiger charge is -2.27. The van der Waals surface area contributed by atoms with Crippen LogP contribution in [0.4, 0.5) is 4.79 Å². The molecule has 0 unspecified atom stereocenters. The van der Waals surface area contributed by atoms with Crippen molar-refractivity contribution in [1.29, 1.82) is 0 Å². The first-order valence-electron chi connectivity index (χ1n) is 8.74. The Morgan fingerprint density at radius 3 is 2.69 bits per heavy atom. The third kappa shape index (κ3) is 4.59. The maximum atomic E-state index is 12.5. The van der Waals surface area contributed by atoms with Crippen LogP contribution in [0.5, 0.6) is 17.2 Å². The van der Waals surface area contributed by atoms with Gasteiger partial charge in [-0.15, -0.1) is 0 Å². The quantitative estimate of drug-likeness (QED) is 0.773. The van der Waals surface area contributed by atoms with Gasteiger partial charge in [0.2, 0.25) is 6.79 Å².